The highest BCUT2D eigenvalue weighted by atomic mass is 15.5. The van der Waals surface area contributed by atoms with Crippen molar-refractivity contribution in [2.75, 3.05) is 0 Å². The number of aromatic nitrogens is 15. The molecule has 1 aromatic carbocycles. The van der Waals surface area contributed by atoms with E-state index in [0.717, 1.165) is 22.6 Å². The van der Waals surface area contributed by atoms with E-state index in [9.17, 15) is 0 Å². The molecular formula is C33H51N15. The van der Waals surface area contributed by atoms with Crippen LogP contribution in [0.3, 0.4) is 0 Å². The molecule has 0 saturated carbocycles. The lowest BCUT2D eigenvalue weighted by Gasteiger charge is -2.19. The third-order valence-corrected chi connectivity index (χ3v) is 6.53. The summed E-state index contributed by atoms with van der Waals surface area (Å²) in [5.41, 5.74) is 5.48. The second-order valence-corrected chi connectivity index (χ2v) is 13.3. The Balaban J connectivity index is 0.000000349. The minimum absolute atomic E-state index is 0. The van der Waals surface area contributed by atoms with Crippen LogP contribution >= 0.6 is 0 Å². The molecule has 0 N–H and O–H groups in total. The molecule has 5 heterocycles. The predicted molar refractivity (Wildman–Crippen MR) is 187 cm³/mol. The van der Waals surface area contributed by atoms with Crippen LogP contribution in [0, 0.1) is 0 Å². The highest BCUT2D eigenvalue weighted by Crippen LogP contribution is 2.24. The average Bonchev–Trinajstić information content (AvgIpc) is 3.81. The van der Waals surface area contributed by atoms with Crippen molar-refractivity contribution in [3.63, 3.8) is 0 Å². The molecule has 0 atom stereocenters. The maximum Gasteiger partial charge on any atom is 0.179 e. The van der Waals surface area contributed by atoms with E-state index in [-0.39, 0.29) is 38.5 Å². The molecule has 48 heavy (non-hydrogen) atoms. The number of hydrogen-bond acceptors (Lipinski definition) is 12. The fraction of sp³-hybridized carbons (Fsp3) is 0.455. The number of hydrogen-bond donors (Lipinski definition) is 0. The quantitative estimate of drug-likeness (QED) is 0.219. The van der Waals surface area contributed by atoms with E-state index < -0.39 is 0 Å². The summed E-state index contributed by atoms with van der Waals surface area (Å²) in [5, 5.41) is 41.1. The molecule has 5 aromatic heterocycles. The first kappa shape index (κ1) is 40.7. The van der Waals surface area contributed by atoms with Crippen molar-refractivity contribution in [2.45, 2.75) is 101 Å². The summed E-state index contributed by atoms with van der Waals surface area (Å²) in [6.45, 7) is 19.3. The fourth-order valence-corrected chi connectivity index (χ4v) is 3.75. The Hall–Kier alpha value is -5.34. The van der Waals surface area contributed by atoms with E-state index in [1.807, 2.05) is 36.5 Å². The van der Waals surface area contributed by atoms with Crippen molar-refractivity contribution in [3.05, 3.63) is 90.7 Å². The predicted octanol–water partition coefficient (Wildman–Crippen LogP) is 5.97. The van der Waals surface area contributed by atoms with E-state index in [1.165, 1.54) is 16.6 Å². The van der Waals surface area contributed by atoms with Gasteiger partial charge in [-0.2, -0.15) is 14.5 Å². The Labute approximate surface area is 284 Å². The fourth-order valence-electron chi connectivity index (χ4n) is 3.75. The summed E-state index contributed by atoms with van der Waals surface area (Å²) in [7, 11) is 0. The van der Waals surface area contributed by atoms with Gasteiger partial charge in [-0.1, -0.05) is 96.7 Å². The van der Waals surface area contributed by atoms with Crippen LogP contribution in [0.5, 0.6) is 0 Å². The zero-order valence-electron chi connectivity index (χ0n) is 27.1. The minimum Gasteiger partial charge on any atom is -0.262 e. The molecule has 0 unspecified atom stereocenters. The monoisotopic (exact) mass is 657 g/mol. The summed E-state index contributed by atoms with van der Waals surface area (Å²) in [6, 6.07) is 14.1. The van der Waals surface area contributed by atoms with Crippen LogP contribution in [0.25, 0.3) is 17.2 Å². The molecule has 0 amide bonds. The number of rotatable bonds is 3. The zero-order valence-corrected chi connectivity index (χ0v) is 27.1. The molecule has 0 saturated heterocycles. The second kappa shape index (κ2) is 17.0. The van der Waals surface area contributed by atoms with Crippen molar-refractivity contribution in [1.29, 1.82) is 0 Å². The van der Waals surface area contributed by atoms with Crippen LogP contribution in [0.4, 0.5) is 0 Å². The summed E-state index contributed by atoms with van der Waals surface area (Å²) in [4.78, 5) is 4.19. The van der Waals surface area contributed by atoms with E-state index >= 15 is 0 Å². The van der Waals surface area contributed by atoms with Gasteiger partial charge >= 0.3 is 0 Å². The van der Waals surface area contributed by atoms with Crippen molar-refractivity contribution < 1.29 is 0 Å². The van der Waals surface area contributed by atoms with Gasteiger partial charge in [0.15, 0.2) is 5.82 Å². The summed E-state index contributed by atoms with van der Waals surface area (Å²) in [5.74, 6) is 0.619. The van der Waals surface area contributed by atoms with Gasteiger partial charge in [-0.05, 0) is 83.6 Å². The zero-order chi connectivity index (χ0) is 32.7. The van der Waals surface area contributed by atoms with Gasteiger partial charge in [0.2, 0.25) is 0 Å². The van der Waals surface area contributed by atoms with Gasteiger partial charge in [0.05, 0.1) is 23.3 Å². The molecule has 0 spiro atoms. The van der Waals surface area contributed by atoms with E-state index in [4.69, 9.17) is 0 Å². The molecule has 0 fully saturated rings. The smallest absolute Gasteiger partial charge is 0.179 e. The molecular weight excluding hydrogens is 606 g/mol. The van der Waals surface area contributed by atoms with E-state index in [2.05, 4.69) is 136 Å². The summed E-state index contributed by atoms with van der Waals surface area (Å²) < 4.78 is 4.73. The molecule has 15 nitrogen and oxygen atoms in total. The normalized spacial score (nSPS) is 10.9. The number of tetrazole rings is 3. The third-order valence-electron chi connectivity index (χ3n) is 6.53. The molecule has 0 radical (unpaired) electrons. The summed E-state index contributed by atoms with van der Waals surface area (Å²) >= 11 is 0. The second-order valence-electron chi connectivity index (χ2n) is 13.3. The Morgan fingerprint density at radius 1 is 0.500 bits per heavy atom. The Kier molecular flexibility index (Phi) is 14.4. The Bertz CT molecular complexity index is 1640. The molecule has 15 heteroatoms. The summed E-state index contributed by atoms with van der Waals surface area (Å²) in [6.07, 6.45) is 8.26. The Morgan fingerprint density at radius 3 is 1.48 bits per heavy atom. The van der Waals surface area contributed by atoms with Crippen molar-refractivity contribution in [3.8, 4) is 17.2 Å². The van der Waals surface area contributed by atoms with Gasteiger partial charge in [-0.3, -0.25) is 4.98 Å². The molecule has 0 aliphatic rings. The van der Waals surface area contributed by atoms with Gasteiger partial charge in [0.25, 0.3) is 0 Å². The van der Waals surface area contributed by atoms with Crippen LogP contribution in [-0.2, 0) is 16.2 Å². The largest absolute Gasteiger partial charge is 0.262 e. The van der Waals surface area contributed by atoms with Gasteiger partial charge < -0.3 is 0 Å². The van der Waals surface area contributed by atoms with Crippen molar-refractivity contribution in [2.24, 2.45) is 0 Å². The lowest BCUT2D eigenvalue weighted by atomic mass is 9.87. The number of nitrogens with zero attached hydrogens (tertiary/aromatic N) is 15. The van der Waals surface area contributed by atoms with Crippen LogP contribution in [0.2, 0.25) is 0 Å². The van der Waals surface area contributed by atoms with Crippen LogP contribution < -0.4 is 0 Å². The minimum atomic E-state index is 0. The molecule has 6 rings (SSSR count). The van der Waals surface area contributed by atoms with Crippen LogP contribution in [0.1, 0.15) is 101 Å². The van der Waals surface area contributed by atoms with Crippen LogP contribution in [0.15, 0.2) is 73.8 Å². The third kappa shape index (κ3) is 11.2. The SMILES string of the molecule is C.C.C.CC(C)(C)c1ccc(-n2cnnn2)nn1.CC(C)(C)c1cccc(-n2cnnn2)c1.CC(C)(C)c1cncc(-n2cnnn2)c1. The highest BCUT2D eigenvalue weighted by molar-refractivity contribution is 5.37. The number of benzene rings is 1. The Morgan fingerprint density at radius 2 is 1.02 bits per heavy atom. The molecule has 258 valence electrons. The first-order valence-electron chi connectivity index (χ1n) is 14.3. The topological polar surface area (TPSA) is 169 Å². The van der Waals surface area contributed by atoms with Gasteiger partial charge in [0, 0.05) is 11.6 Å². The van der Waals surface area contributed by atoms with E-state index in [0.29, 0.717) is 5.82 Å². The molecule has 0 bridgehead atoms. The van der Waals surface area contributed by atoms with Gasteiger partial charge in [-0.25, -0.2) is 4.68 Å². The van der Waals surface area contributed by atoms with E-state index in [1.54, 1.807) is 28.2 Å². The lowest BCUT2D eigenvalue weighted by Crippen LogP contribution is -2.15. The molecule has 0 aliphatic heterocycles. The van der Waals surface area contributed by atoms with Crippen molar-refractivity contribution in [1.82, 2.24) is 75.8 Å². The maximum atomic E-state index is 4.19. The number of pyridine rings is 1. The standard InChI is InChI=1S/C11H14N4.C10H13N5.C9H12N6.3CH4/c1-11(2,3)9-5-4-6-10(7-9)15-8-12-13-14-15;1-10(2,3)8-4-9(6-11-5-8)15-7-12-13-14-15;1-9(2,3)7-4-5-8(12-11-7)15-6-10-13-14-15;;;/h4-8H,1-3H3;4-7H,1-3H3;4-6H,1-3H3;3*1H4. The molecule has 6 aromatic rings. The van der Waals surface area contributed by atoms with Crippen molar-refractivity contribution >= 4 is 0 Å². The van der Waals surface area contributed by atoms with Crippen LogP contribution in [-0.4, -0.2) is 75.8 Å². The van der Waals surface area contributed by atoms with Gasteiger partial charge in [-0.15, -0.1) is 20.4 Å². The first-order chi connectivity index (χ1) is 21.2. The first-order valence-corrected chi connectivity index (χ1v) is 14.3. The van der Waals surface area contributed by atoms with Gasteiger partial charge in [0.1, 0.15) is 19.0 Å². The molecule has 0 aliphatic carbocycles. The lowest BCUT2D eigenvalue weighted by molar-refractivity contribution is 0.556. The highest BCUT2D eigenvalue weighted by Gasteiger charge is 2.17. The average molecular weight is 658 g/mol. The maximum absolute atomic E-state index is 4.19.